The number of alkyl halides is 3. The molecular formula is C27H24F3NO3S. The third kappa shape index (κ3) is 5.03. The van der Waals surface area contributed by atoms with E-state index in [2.05, 4.69) is 4.98 Å². The van der Waals surface area contributed by atoms with Crippen LogP contribution in [-0.4, -0.2) is 19.7 Å². The number of pyridine rings is 1. The summed E-state index contributed by atoms with van der Waals surface area (Å²) >= 11 is 0. The highest BCUT2D eigenvalue weighted by Gasteiger charge is 2.34. The molecule has 1 aromatic heterocycles. The first-order valence-electron chi connectivity index (χ1n) is 10.8. The molecule has 0 N–H and O–H groups in total. The normalized spacial score (nSPS) is 12.6. The number of halogens is 3. The molecule has 4 nitrogen and oxygen atoms in total. The highest BCUT2D eigenvalue weighted by Crippen LogP contribution is 2.38. The Morgan fingerprint density at radius 1 is 0.914 bits per heavy atom. The first-order valence-corrected chi connectivity index (χ1v) is 12.7. The van der Waals surface area contributed by atoms with Crippen LogP contribution in [0.5, 0.6) is 5.75 Å². The minimum Gasteiger partial charge on any atom is -0.488 e. The molecule has 0 saturated carbocycles. The van der Waals surface area contributed by atoms with Crippen LogP contribution in [-0.2, 0) is 27.4 Å². The second kappa shape index (κ2) is 9.00. The van der Waals surface area contributed by atoms with Gasteiger partial charge >= 0.3 is 6.18 Å². The molecule has 4 rings (SSSR count). The molecule has 3 aromatic carbocycles. The van der Waals surface area contributed by atoms with Crippen LogP contribution < -0.4 is 4.74 Å². The van der Waals surface area contributed by atoms with Crippen LogP contribution in [0.1, 0.15) is 30.5 Å². The van der Waals surface area contributed by atoms with Crippen LogP contribution in [0.3, 0.4) is 0 Å². The topological polar surface area (TPSA) is 56.3 Å². The van der Waals surface area contributed by atoms with Crippen LogP contribution in [0, 0.1) is 0 Å². The second-order valence-corrected chi connectivity index (χ2v) is 11.4. The van der Waals surface area contributed by atoms with Gasteiger partial charge in [-0.15, -0.1) is 0 Å². The minimum atomic E-state index is -4.52. The minimum absolute atomic E-state index is 0.0686. The molecule has 4 aromatic rings. The number of hydrogen-bond donors (Lipinski definition) is 0. The highest BCUT2D eigenvalue weighted by molar-refractivity contribution is 7.91. The zero-order chi connectivity index (χ0) is 25.4. The first-order chi connectivity index (χ1) is 16.4. The number of fused-ring (bicyclic) bond motifs is 1. The van der Waals surface area contributed by atoms with Crippen molar-refractivity contribution in [3.63, 3.8) is 0 Å². The van der Waals surface area contributed by atoms with Gasteiger partial charge < -0.3 is 4.74 Å². The number of benzene rings is 3. The van der Waals surface area contributed by atoms with Gasteiger partial charge in [-0.2, -0.15) is 13.2 Å². The summed E-state index contributed by atoms with van der Waals surface area (Å²) in [6.07, 6.45) is -1.65. The maximum Gasteiger partial charge on any atom is 0.419 e. The van der Waals surface area contributed by atoms with Crippen molar-refractivity contribution in [2.24, 2.45) is 0 Å². The van der Waals surface area contributed by atoms with E-state index in [4.69, 9.17) is 4.74 Å². The number of hydrogen-bond acceptors (Lipinski definition) is 4. The molecule has 0 spiro atoms. The van der Waals surface area contributed by atoms with Gasteiger partial charge in [0.25, 0.3) is 0 Å². The summed E-state index contributed by atoms with van der Waals surface area (Å²) in [6.45, 7) is 3.25. The lowest BCUT2D eigenvalue weighted by molar-refractivity contribution is -0.139. The predicted molar refractivity (Wildman–Crippen MR) is 131 cm³/mol. The van der Waals surface area contributed by atoms with E-state index in [-0.39, 0.29) is 12.4 Å². The summed E-state index contributed by atoms with van der Waals surface area (Å²) in [6, 6.07) is 19.6. The fourth-order valence-corrected chi connectivity index (χ4v) is 4.34. The molecule has 0 fully saturated rings. The summed E-state index contributed by atoms with van der Waals surface area (Å²) in [5, 5.41) is 0.789. The van der Waals surface area contributed by atoms with Crippen molar-refractivity contribution >= 4 is 20.7 Å². The number of ether oxygens (including phenoxy) is 1. The monoisotopic (exact) mass is 499 g/mol. The maximum absolute atomic E-state index is 13.3. The van der Waals surface area contributed by atoms with Gasteiger partial charge in [-0.3, -0.25) is 4.98 Å². The van der Waals surface area contributed by atoms with E-state index in [1.807, 2.05) is 30.3 Å². The average Bonchev–Trinajstić information content (AvgIpc) is 2.81. The lowest BCUT2D eigenvalue weighted by atomic mass is 9.93. The fourth-order valence-electron chi connectivity index (χ4n) is 3.79. The van der Waals surface area contributed by atoms with E-state index in [1.54, 1.807) is 38.2 Å². The Morgan fingerprint density at radius 2 is 1.66 bits per heavy atom. The Hall–Kier alpha value is -3.39. The van der Waals surface area contributed by atoms with Crippen molar-refractivity contribution in [1.29, 1.82) is 0 Å². The average molecular weight is 500 g/mol. The molecule has 0 radical (unpaired) electrons. The molecule has 0 aliphatic rings. The van der Waals surface area contributed by atoms with Gasteiger partial charge in [0.15, 0.2) is 9.84 Å². The maximum atomic E-state index is 13.3. The molecule has 0 amide bonds. The first kappa shape index (κ1) is 24.7. The number of para-hydroxylation sites is 1. The van der Waals surface area contributed by atoms with Crippen molar-refractivity contribution in [3.8, 4) is 16.9 Å². The summed E-state index contributed by atoms with van der Waals surface area (Å²) in [7, 11) is -3.42. The Labute approximate surface area is 202 Å². The quantitative estimate of drug-likeness (QED) is 0.293. The largest absolute Gasteiger partial charge is 0.488 e. The summed E-state index contributed by atoms with van der Waals surface area (Å²) in [5.74, 6) is -0.241. The van der Waals surface area contributed by atoms with Gasteiger partial charge in [0.05, 0.1) is 15.8 Å². The smallest absolute Gasteiger partial charge is 0.419 e. The Bertz CT molecular complexity index is 1500. The Morgan fingerprint density at radius 3 is 2.37 bits per heavy atom. The van der Waals surface area contributed by atoms with Crippen molar-refractivity contribution < 1.29 is 26.3 Å². The van der Waals surface area contributed by atoms with E-state index in [0.29, 0.717) is 16.6 Å². The Kier molecular flexibility index (Phi) is 6.36. The van der Waals surface area contributed by atoms with Crippen LogP contribution in [0.2, 0.25) is 0 Å². The molecule has 182 valence electrons. The molecule has 0 saturated heterocycles. The molecule has 0 atom stereocenters. The number of rotatable bonds is 6. The van der Waals surface area contributed by atoms with Gasteiger partial charge in [-0.1, -0.05) is 36.4 Å². The lowest BCUT2D eigenvalue weighted by Gasteiger charge is -2.24. The Balaban J connectivity index is 1.75. The molecule has 8 heteroatoms. The summed E-state index contributed by atoms with van der Waals surface area (Å²) < 4.78 is 69.3. The van der Waals surface area contributed by atoms with Gasteiger partial charge in [0, 0.05) is 23.4 Å². The molecule has 0 aliphatic heterocycles. The van der Waals surface area contributed by atoms with E-state index >= 15 is 0 Å². The highest BCUT2D eigenvalue weighted by atomic mass is 32.2. The van der Waals surface area contributed by atoms with Crippen molar-refractivity contribution in [2.75, 3.05) is 6.26 Å². The van der Waals surface area contributed by atoms with Crippen LogP contribution in [0.4, 0.5) is 13.2 Å². The molecular weight excluding hydrogens is 475 g/mol. The van der Waals surface area contributed by atoms with Gasteiger partial charge in [-0.25, -0.2) is 8.42 Å². The van der Waals surface area contributed by atoms with Crippen molar-refractivity contribution in [1.82, 2.24) is 4.98 Å². The van der Waals surface area contributed by atoms with Crippen LogP contribution >= 0.6 is 0 Å². The van der Waals surface area contributed by atoms with Crippen molar-refractivity contribution in [2.45, 2.75) is 31.4 Å². The molecule has 1 heterocycles. The third-order valence-corrected chi connectivity index (χ3v) is 8.24. The summed E-state index contributed by atoms with van der Waals surface area (Å²) in [5.41, 5.74) is 2.63. The predicted octanol–water partition coefficient (Wildman–Crippen LogP) is 6.78. The zero-order valence-electron chi connectivity index (χ0n) is 19.4. The van der Waals surface area contributed by atoms with E-state index in [1.165, 1.54) is 24.5 Å². The lowest BCUT2D eigenvalue weighted by Crippen LogP contribution is -2.28. The standard InChI is InChI=1S/C27H24F3NO3S/c1-26(2,35(3,32)33)21-15-20-10-7-13-31-25(20)22(16-21)19-9-6-8-18(14-19)17-34-24-12-5-4-11-23(24)27(28,29)30/h4-16H,17H2,1-3H3. The number of nitrogens with zero attached hydrogens (tertiary/aromatic N) is 1. The zero-order valence-corrected chi connectivity index (χ0v) is 20.2. The van der Waals surface area contributed by atoms with Gasteiger partial charge in [-0.05, 0) is 66.9 Å². The van der Waals surface area contributed by atoms with Gasteiger partial charge in [0.2, 0.25) is 0 Å². The second-order valence-electron chi connectivity index (χ2n) is 8.86. The van der Waals surface area contributed by atoms with E-state index in [0.717, 1.165) is 22.6 Å². The molecule has 0 aliphatic carbocycles. The van der Waals surface area contributed by atoms with E-state index in [9.17, 15) is 21.6 Å². The van der Waals surface area contributed by atoms with Crippen LogP contribution in [0.25, 0.3) is 22.0 Å². The summed E-state index contributed by atoms with van der Waals surface area (Å²) in [4.78, 5) is 4.50. The van der Waals surface area contributed by atoms with Gasteiger partial charge in [0.1, 0.15) is 12.4 Å². The number of aromatic nitrogens is 1. The van der Waals surface area contributed by atoms with Crippen LogP contribution in [0.15, 0.2) is 79.0 Å². The van der Waals surface area contributed by atoms with E-state index < -0.39 is 26.3 Å². The number of sulfone groups is 1. The molecule has 35 heavy (non-hydrogen) atoms. The molecule has 0 bridgehead atoms. The fraction of sp³-hybridized carbons (Fsp3) is 0.222. The third-order valence-electron chi connectivity index (χ3n) is 6.15. The molecule has 0 unspecified atom stereocenters. The van der Waals surface area contributed by atoms with Crippen molar-refractivity contribution in [3.05, 3.63) is 95.7 Å². The SMILES string of the molecule is CC(C)(c1cc(-c2cccc(COc3ccccc3C(F)(F)F)c2)c2ncccc2c1)S(C)(=O)=O.